The van der Waals surface area contributed by atoms with E-state index in [1.807, 2.05) is 12.1 Å². The van der Waals surface area contributed by atoms with Crippen LogP contribution in [-0.4, -0.2) is 47.4 Å². The van der Waals surface area contributed by atoms with E-state index in [4.69, 9.17) is 49.0 Å². The van der Waals surface area contributed by atoms with Crippen LogP contribution in [0.3, 0.4) is 0 Å². The number of hydrogen-bond donors (Lipinski definition) is 1. The van der Waals surface area contributed by atoms with Crippen LogP contribution in [0.1, 0.15) is 6.92 Å². The molecule has 2 aromatic carbocycles. The molecule has 0 spiro atoms. The van der Waals surface area contributed by atoms with Gasteiger partial charge in [0.15, 0.2) is 5.75 Å². The SMILES string of the molecule is CC(=O)OC(CCl)COc1c(Cl)cc(Sc2ccc(OCC3CN[S+]([O-])C3=O)cc2)cc1Cl. The van der Waals surface area contributed by atoms with Crippen molar-refractivity contribution < 1.29 is 28.4 Å². The minimum absolute atomic E-state index is 0.0227. The van der Waals surface area contributed by atoms with Gasteiger partial charge in [0.25, 0.3) is 0 Å². The first kappa shape index (κ1) is 26.3. The monoisotopic (exact) mass is 551 g/mol. The fourth-order valence-electron chi connectivity index (χ4n) is 2.80. The highest BCUT2D eigenvalue weighted by Gasteiger charge is 2.38. The fourth-order valence-corrected chi connectivity index (χ4v) is 5.52. The molecule has 1 saturated heterocycles. The quantitative estimate of drug-likeness (QED) is 0.262. The third-order valence-corrected chi connectivity index (χ3v) is 7.39. The lowest BCUT2D eigenvalue weighted by atomic mass is 10.2. The summed E-state index contributed by atoms with van der Waals surface area (Å²) in [5.74, 6) is 0.0936. The summed E-state index contributed by atoms with van der Waals surface area (Å²) < 4.78 is 30.3. The number of halogens is 3. The zero-order valence-electron chi connectivity index (χ0n) is 17.3. The summed E-state index contributed by atoms with van der Waals surface area (Å²) in [5.41, 5.74) is 0. The van der Waals surface area contributed by atoms with Crippen LogP contribution in [0, 0.1) is 5.92 Å². The summed E-state index contributed by atoms with van der Waals surface area (Å²) in [7, 11) is 0. The smallest absolute Gasteiger partial charge is 0.357 e. The van der Waals surface area contributed by atoms with Crippen molar-refractivity contribution in [1.82, 2.24) is 4.72 Å². The van der Waals surface area contributed by atoms with Crippen LogP contribution in [0.2, 0.25) is 10.0 Å². The minimum Gasteiger partial charge on any atom is -0.591 e. The van der Waals surface area contributed by atoms with Gasteiger partial charge in [-0.3, -0.25) is 4.79 Å². The van der Waals surface area contributed by atoms with Crippen LogP contribution in [0.25, 0.3) is 0 Å². The predicted molar refractivity (Wildman–Crippen MR) is 129 cm³/mol. The van der Waals surface area contributed by atoms with Gasteiger partial charge in [-0.1, -0.05) is 35.0 Å². The van der Waals surface area contributed by atoms with Crippen LogP contribution in [-0.2, 0) is 25.7 Å². The van der Waals surface area contributed by atoms with Gasteiger partial charge in [-0.05, 0) is 36.4 Å². The van der Waals surface area contributed by atoms with Crippen molar-refractivity contribution in [3.05, 3.63) is 46.4 Å². The highest BCUT2D eigenvalue weighted by atomic mass is 35.5. The van der Waals surface area contributed by atoms with Gasteiger partial charge in [-0.2, -0.15) is 0 Å². The predicted octanol–water partition coefficient (Wildman–Crippen LogP) is 4.48. The number of benzene rings is 2. The lowest BCUT2D eigenvalue weighted by Crippen LogP contribution is -2.25. The highest BCUT2D eigenvalue weighted by Crippen LogP contribution is 2.39. The number of nitrogens with one attached hydrogen (secondary N) is 1. The fraction of sp³-hybridized carbons (Fsp3) is 0.333. The van der Waals surface area contributed by atoms with E-state index in [1.54, 1.807) is 24.3 Å². The molecule has 3 atom stereocenters. The van der Waals surface area contributed by atoms with Gasteiger partial charge in [-0.25, -0.2) is 4.79 Å². The largest absolute Gasteiger partial charge is 0.591 e. The van der Waals surface area contributed by atoms with Gasteiger partial charge in [0.1, 0.15) is 42.3 Å². The summed E-state index contributed by atoms with van der Waals surface area (Å²) in [4.78, 5) is 24.5. The molecule has 33 heavy (non-hydrogen) atoms. The van der Waals surface area contributed by atoms with Crippen molar-refractivity contribution in [3.63, 3.8) is 0 Å². The van der Waals surface area contributed by atoms with Crippen LogP contribution in [0.15, 0.2) is 46.2 Å². The molecular formula is C21H20Cl3NO6S2. The molecule has 1 heterocycles. The molecule has 0 aliphatic carbocycles. The Bertz CT molecular complexity index is 971. The Morgan fingerprint density at radius 2 is 1.88 bits per heavy atom. The Kier molecular flexibility index (Phi) is 9.87. The molecule has 0 radical (unpaired) electrons. The Morgan fingerprint density at radius 1 is 1.21 bits per heavy atom. The third-order valence-electron chi connectivity index (χ3n) is 4.38. The Balaban J connectivity index is 1.57. The molecule has 12 heteroatoms. The maximum atomic E-state index is 11.7. The molecule has 7 nitrogen and oxygen atoms in total. The first-order valence-electron chi connectivity index (χ1n) is 9.71. The van der Waals surface area contributed by atoms with E-state index >= 15 is 0 Å². The van der Waals surface area contributed by atoms with Gasteiger partial charge < -0.3 is 18.8 Å². The summed E-state index contributed by atoms with van der Waals surface area (Å²) in [5, 5.41) is 0.287. The average Bonchev–Trinajstić information content (AvgIpc) is 3.09. The van der Waals surface area contributed by atoms with Gasteiger partial charge in [0.05, 0.1) is 22.5 Å². The van der Waals surface area contributed by atoms with E-state index in [0.29, 0.717) is 22.3 Å². The third kappa shape index (κ3) is 7.58. The van der Waals surface area contributed by atoms with Crippen LogP contribution in [0.5, 0.6) is 11.5 Å². The number of hydrogen-bond acceptors (Lipinski definition) is 8. The molecule has 0 amide bonds. The maximum absolute atomic E-state index is 11.7. The number of carbonyl (C=O) groups excluding carboxylic acids is 2. The molecule has 3 unspecified atom stereocenters. The summed E-state index contributed by atoms with van der Waals surface area (Å²) in [6, 6.07) is 10.7. The number of carbonyl (C=O) groups is 2. The van der Waals surface area contributed by atoms with E-state index in [-0.39, 0.29) is 30.0 Å². The van der Waals surface area contributed by atoms with Gasteiger partial charge in [0, 0.05) is 16.7 Å². The van der Waals surface area contributed by atoms with Crippen molar-refractivity contribution in [2.75, 3.05) is 25.6 Å². The molecule has 3 rings (SSSR count). The van der Waals surface area contributed by atoms with Gasteiger partial charge in [0.2, 0.25) is 0 Å². The van der Waals surface area contributed by atoms with Crippen molar-refractivity contribution in [2.24, 2.45) is 5.92 Å². The van der Waals surface area contributed by atoms with Crippen LogP contribution in [0.4, 0.5) is 0 Å². The van der Waals surface area contributed by atoms with Gasteiger partial charge >= 0.3 is 11.1 Å². The molecule has 0 saturated carbocycles. The number of rotatable bonds is 10. The summed E-state index contributed by atoms with van der Waals surface area (Å²) in [6.45, 7) is 1.83. The standard InChI is InChI=1S/C21H20Cl3NO6S2/c1-12(26)31-15(8-22)11-30-20-18(23)6-17(7-19(20)24)32-16-4-2-14(3-5-16)29-10-13-9-25-33(28)21(13)27/h2-7,13,15,25H,8-11H2,1H3. The minimum atomic E-state index is -1.62. The van der Waals surface area contributed by atoms with Crippen molar-refractivity contribution in [1.29, 1.82) is 0 Å². The lowest BCUT2D eigenvalue weighted by Gasteiger charge is -2.17. The first-order valence-corrected chi connectivity index (χ1v) is 13.0. The molecule has 178 valence electrons. The highest BCUT2D eigenvalue weighted by molar-refractivity contribution is 8.04. The van der Waals surface area contributed by atoms with E-state index in [9.17, 15) is 14.1 Å². The molecule has 1 aliphatic rings. The zero-order valence-corrected chi connectivity index (χ0v) is 21.2. The Morgan fingerprint density at radius 3 is 2.42 bits per heavy atom. The molecule has 0 aromatic heterocycles. The van der Waals surface area contributed by atoms with Crippen LogP contribution < -0.4 is 14.2 Å². The molecule has 1 fully saturated rings. The molecule has 0 bridgehead atoms. The Labute approximate surface area is 213 Å². The number of esters is 1. The second-order valence-corrected chi connectivity index (χ2v) is 10.4. The van der Waals surface area contributed by atoms with E-state index in [0.717, 1.165) is 9.79 Å². The molecule has 2 aromatic rings. The summed E-state index contributed by atoms with van der Waals surface area (Å²) >= 11 is 18.3. The zero-order chi connectivity index (χ0) is 24.0. The topological polar surface area (TPSA) is 96.9 Å². The molecular weight excluding hydrogens is 533 g/mol. The van der Waals surface area contributed by atoms with E-state index in [1.165, 1.54) is 18.7 Å². The average molecular weight is 553 g/mol. The number of alkyl halides is 1. The van der Waals surface area contributed by atoms with Crippen LogP contribution >= 0.6 is 46.6 Å². The molecule has 1 aliphatic heterocycles. The van der Waals surface area contributed by atoms with E-state index < -0.39 is 29.4 Å². The normalized spacial score (nSPS) is 18.8. The second-order valence-electron chi connectivity index (χ2n) is 6.93. The van der Waals surface area contributed by atoms with Crippen molar-refractivity contribution in [3.8, 4) is 11.5 Å². The van der Waals surface area contributed by atoms with E-state index in [2.05, 4.69) is 4.72 Å². The Hall–Kier alpha value is -1.33. The maximum Gasteiger partial charge on any atom is 0.357 e. The van der Waals surface area contributed by atoms with Gasteiger partial charge in [-0.15, -0.1) is 16.3 Å². The number of ether oxygens (including phenoxy) is 3. The summed E-state index contributed by atoms with van der Waals surface area (Å²) in [6.07, 6.45) is -0.615. The second kappa shape index (κ2) is 12.4. The van der Waals surface area contributed by atoms with Crippen molar-refractivity contribution >= 4 is 69.0 Å². The lowest BCUT2D eigenvalue weighted by molar-refractivity contribution is -0.146. The molecule has 1 N–H and O–H groups in total. The van der Waals surface area contributed by atoms with Crippen molar-refractivity contribution in [2.45, 2.75) is 22.8 Å². The first-order chi connectivity index (χ1) is 15.8.